The molecule has 2 aliphatic heterocycles. The SMILES string of the molecule is COC(=O)[C@@]12[C@@H]3C(=O)O[C@H]4OC[C@@]31CCC/C=C\C[C@]42OC. The summed E-state index contributed by atoms with van der Waals surface area (Å²) in [6.07, 6.45) is 6.24. The van der Waals surface area contributed by atoms with Crippen LogP contribution in [0.25, 0.3) is 0 Å². The third kappa shape index (κ3) is 1.22. The van der Waals surface area contributed by atoms with Crippen LogP contribution in [0, 0.1) is 16.7 Å². The van der Waals surface area contributed by atoms with Crippen LogP contribution in [0.5, 0.6) is 0 Å². The first kappa shape index (κ1) is 14.2. The van der Waals surface area contributed by atoms with Crippen molar-refractivity contribution in [2.45, 2.75) is 37.6 Å². The summed E-state index contributed by atoms with van der Waals surface area (Å²) in [7, 11) is 2.92. The molecule has 0 N–H and O–H groups in total. The van der Waals surface area contributed by atoms with Crippen LogP contribution in [-0.4, -0.2) is 44.7 Å². The zero-order valence-electron chi connectivity index (χ0n) is 12.8. The predicted molar refractivity (Wildman–Crippen MR) is 73.6 cm³/mol. The zero-order chi connectivity index (χ0) is 15.6. The number of carbonyl (C=O) groups excluding carboxylic acids is 2. The summed E-state index contributed by atoms with van der Waals surface area (Å²) in [6, 6.07) is 0. The number of rotatable bonds is 2. The molecule has 6 heteroatoms. The van der Waals surface area contributed by atoms with Gasteiger partial charge in [0, 0.05) is 18.9 Å². The second-order valence-corrected chi connectivity index (χ2v) is 6.63. The summed E-state index contributed by atoms with van der Waals surface area (Å²) in [6.45, 7) is 0.342. The Labute approximate surface area is 128 Å². The molecule has 6 nitrogen and oxygen atoms in total. The fraction of sp³-hybridized carbons (Fsp3) is 0.750. The minimum absolute atomic E-state index is 0.342. The Morgan fingerprint density at radius 3 is 2.91 bits per heavy atom. The van der Waals surface area contributed by atoms with Gasteiger partial charge < -0.3 is 18.9 Å². The van der Waals surface area contributed by atoms with Gasteiger partial charge in [0.1, 0.15) is 5.41 Å². The molecule has 0 aromatic carbocycles. The molecule has 0 spiro atoms. The summed E-state index contributed by atoms with van der Waals surface area (Å²) in [5.41, 5.74) is -2.56. The number of ether oxygens (including phenoxy) is 4. The van der Waals surface area contributed by atoms with Gasteiger partial charge in [0.25, 0.3) is 0 Å². The van der Waals surface area contributed by atoms with Gasteiger partial charge in [-0.2, -0.15) is 0 Å². The Morgan fingerprint density at radius 1 is 1.36 bits per heavy atom. The molecule has 4 rings (SSSR count). The molecular weight excluding hydrogens is 288 g/mol. The fourth-order valence-electron chi connectivity index (χ4n) is 5.29. The van der Waals surface area contributed by atoms with Crippen molar-refractivity contribution < 1.29 is 28.5 Å². The van der Waals surface area contributed by atoms with Crippen molar-refractivity contribution in [1.82, 2.24) is 0 Å². The predicted octanol–water partition coefficient (Wildman–Crippen LogP) is 1.19. The van der Waals surface area contributed by atoms with E-state index in [1.54, 1.807) is 7.11 Å². The maximum atomic E-state index is 12.8. The van der Waals surface area contributed by atoms with Crippen molar-refractivity contribution in [3.63, 3.8) is 0 Å². The quantitative estimate of drug-likeness (QED) is 0.564. The third-order valence-corrected chi connectivity index (χ3v) is 6.14. The van der Waals surface area contributed by atoms with Gasteiger partial charge in [0.05, 0.1) is 19.6 Å². The van der Waals surface area contributed by atoms with Crippen LogP contribution in [0.3, 0.4) is 0 Å². The molecule has 4 aliphatic rings. The summed E-state index contributed by atoms with van der Waals surface area (Å²) in [5.74, 6) is -1.26. The maximum absolute atomic E-state index is 12.8. The van der Waals surface area contributed by atoms with E-state index in [4.69, 9.17) is 18.9 Å². The van der Waals surface area contributed by atoms with E-state index >= 15 is 0 Å². The van der Waals surface area contributed by atoms with Crippen LogP contribution in [-0.2, 0) is 28.5 Å². The van der Waals surface area contributed by atoms with Gasteiger partial charge in [-0.05, 0) is 19.3 Å². The van der Waals surface area contributed by atoms with Crippen LogP contribution in [0.2, 0.25) is 0 Å². The van der Waals surface area contributed by atoms with Gasteiger partial charge in [-0.1, -0.05) is 12.2 Å². The molecule has 0 radical (unpaired) electrons. The molecule has 2 saturated heterocycles. The number of carbonyl (C=O) groups is 2. The maximum Gasteiger partial charge on any atom is 0.316 e. The second kappa shape index (κ2) is 4.32. The van der Waals surface area contributed by atoms with Gasteiger partial charge in [-0.15, -0.1) is 0 Å². The first-order valence-corrected chi connectivity index (χ1v) is 7.71. The van der Waals surface area contributed by atoms with E-state index in [-0.39, 0.29) is 11.9 Å². The van der Waals surface area contributed by atoms with Crippen LogP contribution in [0.4, 0.5) is 0 Å². The van der Waals surface area contributed by atoms with Crippen molar-refractivity contribution in [2.24, 2.45) is 16.7 Å². The monoisotopic (exact) mass is 308 g/mol. The highest BCUT2D eigenvalue weighted by Gasteiger charge is 2.96. The molecule has 0 amide bonds. The van der Waals surface area contributed by atoms with E-state index in [1.807, 2.05) is 6.08 Å². The number of esters is 2. The molecule has 3 fully saturated rings. The number of hydrogen-bond acceptors (Lipinski definition) is 6. The number of methoxy groups -OCH3 is 2. The Bertz CT molecular complexity index is 571. The molecular formula is C16H20O6. The van der Waals surface area contributed by atoms with Crippen LogP contribution in [0.15, 0.2) is 12.2 Å². The van der Waals surface area contributed by atoms with E-state index in [0.29, 0.717) is 13.0 Å². The highest BCUT2D eigenvalue weighted by Crippen LogP contribution is 2.82. The normalized spacial score (nSPS) is 50.0. The number of hydrogen-bond donors (Lipinski definition) is 0. The third-order valence-electron chi connectivity index (χ3n) is 6.14. The summed E-state index contributed by atoms with van der Waals surface area (Å²) < 4.78 is 22.3. The van der Waals surface area contributed by atoms with Crippen molar-refractivity contribution >= 4 is 11.9 Å². The van der Waals surface area contributed by atoms with E-state index in [0.717, 1.165) is 19.3 Å². The fourth-order valence-corrected chi connectivity index (χ4v) is 5.29. The largest absolute Gasteiger partial charge is 0.468 e. The molecule has 0 unspecified atom stereocenters. The molecule has 2 heterocycles. The van der Waals surface area contributed by atoms with Crippen molar-refractivity contribution in [3.8, 4) is 0 Å². The molecule has 0 aromatic heterocycles. The summed E-state index contributed by atoms with van der Waals surface area (Å²) in [5, 5.41) is 0. The standard InChI is InChI=1S/C16H20O6/c1-19-12(18)16-10-11(17)22-13-15(16,20-2)8-6-4-3-5-7-14(10,16)9-21-13/h4,6,10,13H,3,5,7-9H2,1-2H3/b6-4-/t10-,13-,14+,15+,16+/m1/s1. The Morgan fingerprint density at radius 2 is 2.18 bits per heavy atom. The lowest BCUT2D eigenvalue weighted by Gasteiger charge is -2.49. The zero-order valence-corrected chi connectivity index (χ0v) is 12.8. The van der Waals surface area contributed by atoms with Crippen LogP contribution >= 0.6 is 0 Å². The summed E-state index contributed by atoms with van der Waals surface area (Å²) >= 11 is 0. The van der Waals surface area contributed by atoms with E-state index < -0.39 is 28.6 Å². The van der Waals surface area contributed by atoms with Gasteiger partial charge in [-0.3, -0.25) is 9.59 Å². The molecule has 5 atom stereocenters. The average Bonchev–Trinajstić information content (AvgIpc) is 3.19. The molecule has 2 aliphatic carbocycles. The molecule has 120 valence electrons. The lowest BCUT2D eigenvalue weighted by Crippen LogP contribution is -2.64. The Kier molecular flexibility index (Phi) is 2.79. The Balaban J connectivity index is 1.96. The van der Waals surface area contributed by atoms with Gasteiger partial charge >= 0.3 is 11.9 Å². The minimum atomic E-state index is -1.00. The van der Waals surface area contributed by atoms with Crippen molar-refractivity contribution in [2.75, 3.05) is 20.8 Å². The summed E-state index contributed by atoms with van der Waals surface area (Å²) in [4.78, 5) is 25.3. The smallest absolute Gasteiger partial charge is 0.316 e. The minimum Gasteiger partial charge on any atom is -0.468 e. The first-order chi connectivity index (χ1) is 10.6. The van der Waals surface area contributed by atoms with E-state index in [2.05, 4.69) is 6.08 Å². The lowest BCUT2D eigenvalue weighted by molar-refractivity contribution is -0.299. The average molecular weight is 308 g/mol. The topological polar surface area (TPSA) is 71.1 Å². The Hall–Kier alpha value is -1.40. The molecule has 1 saturated carbocycles. The van der Waals surface area contributed by atoms with Crippen molar-refractivity contribution in [1.29, 1.82) is 0 Å². The first-order valence-electron chi connectivity index (χ1n) is 7.71. The van der Waals surface area contributed by atoms with E-state index in [9.17, 15) is 9.59 Å². The van der Waals surface area contributed by atoms with Gasteiger partial charge in [0.15, 0.2) is 5.60 Å². The van der Waals surface area contributed by atoms with E-state index in [1.165, 1.54) is 7.11 Å². The number of allylic oxidation sites excluding steroid dienone is 1. The molecule has 0 aromatic rings. The molecule has 4 bridgehead atoms. The van der Waals surface area contributed by atoms with Gasteiger partial charge in [-0.25, -0.2) is 0 Å². The van der Waals surface area contributed by atoms with Crippen LogP contribution < -0.4 is 0 Å². The second-order valence-electron chi connectivity index (χ2n) is 6.63. The van der Waals surface area contributed by atoms with Crippen molar-refractivity contribution in [3.05, 3.63) is 12.2 Å². The highest BCUT2D eigenvalue weighted by atomic mass is 16.7. The lowest BCUT2D eigenvalue weighted by atomic mass is 9.71. The molecule has 22 heavy (non-hydrogen) atoms. The van der Waals surface area contributed by atoms with Gasteiger partial charge in [0.2, 0.25) is 6.29 Å². The van der Waals surface area contributed by atoms with Crippen LogP contribution in [0.1, 0.15) is 25.7 Å². The highest BCUT2D eigenvalue weighted by molar-refractivity contribution is 5.97.